The largest absolute Gasteiger partial charge is 0.493 e. The lowest BCUT2D eigenvalue weighted by Crippen LogP contribution is -2.08. The lowest BCUT2D eigenvalue weighted by atomic mass is 9.98. The molecule has 0 radical (unpaired) electrons. The highest BCUT2D eigenvalue weighted by Gasteiger charge is 2.37. The second-order valence-corrected chi connectivity index (χ2v) is 8.41. The van der Waals surface area contributed by atoms with Crippen molar-refractivity contribution in [2.75, 3.05) is 13.2 Å². The van der Waals surface area contributed by atoms with Gasteiger partial charge < -0.3 is 19.1 Å². The van der Waals surface area contributed by atoms with Crippen LogP contribution in [0.3, 0.4) is 0 Å². The summed E-state index contributed by atoms with van der Waals surface area (Å²) in [6.45, 7) is 2.64. The highest BCUT2D eigenvalue weighted by molar-refractivity contribution is 5.85. The highest BCUT2D eigenvalue weighted by Crippen LogP contribution is 2.40. The summed E-state index contributed by atoms with van der Waals surface area (Å²) < 4.78 is 56.4. The van der Waals surface area contributed by atoms with Crippen LogP contribution in [0.2, 0.25) is 0 Å². The van der Waals surface area contributed by atoms with Gasteiger partial charge in [0.2, 0.25) is 0 Å². The fourth-order valence-corrected chi connectivity index (χ4v) is 4.56. The highest BCUT2D eigenvalue weighted by atomic mass is 19.4. The first-order valence-corrected chi connectivity index (χ1v) is 11.4. The first-order valence-electron chi connectivity index (χ1n) is 11.4. The van der Waals surface area contributed by atoms with Gasteiger partial charge in [0.25, 0.3) is 0 Å². The minimum atomic E-state index is -4.58. The molecule has 4 rings (SSSR count). The minimum Gasteiger partial charge on any atom is -0.493 e. The smallest absolute Gasteiger partial charge is 0.437 e. The number of nitrogens with zero attached hydrogens (tertiary/aromatic N) is 1. The monoisotopic (exact) mass is 477 g/mol. The number of rotatable bonds is 10. The molecule has 0 aliphatic heterocycles. The molecule has 1 unspecified atom stereocenters. The van der Waals surface area contributed by atoms with Crippen LogP contribution in [-0.4, -0.2) is 29.4 Å². The van der Waals surface area contributed by atoms with Crippen molar-refractivity contribution in [3.8, 4) is 11.5 Å². The molecule has 9 heteroatoms. The molecule has 0 amide bonds. The zero-order valence-corrected chi connectivity index (χ0v) is 18.8. The number of hydrogen-bond donors (Lipinski definition) is 1. The van der Waals surface area contributed by atoms with E-state index in [1.807, 2.05) is 25.1 Å². The van der Waals surface area contributed by atoms with Crippen molar-refractivity contribution < 1.29 is 37.1 Å². The van der Waals surface area contributed by atoms with E-state index in [2.05, 4.69) is 5.16 Å². The Labute approximate surface area is 194 Å². The molecule has 34 heavy (non-hydrogen) atoms. The summed E-state index contributed by atoms with van der Waals surface area (Å²) in [7, 11) is 0. The van der Waals surface area contributed by atoms with E-state index in [-0.39, 0.29) is 23.3 Å². The summed E-state index contributed by atoms with van der Waals surface area (Å²) in [6, 6.07) is 8.60. The maximum Gasteiger partial charge on any atom is 0.437 e. The van der Waals surface area contributed by atoms with Crippen LogP contribution in [0.1, 0.15) is 60.9 Å². The molecule has 2 aromatic carbocycles. The van der Waals surface area contributed by atoms with Crippen LogP contribution >= 0.6 is 0 Å². The molecule has 1 heterocycles. The van der Waals surface area contributed by atoms with E-state index in [1.165, 1.54) is 12.1 Å². The third kappa shape index (κ3) is 4.98. The molecular weight excluding hydrogens is 451 g/mol. The zero-order chi connectivity index (χ0) is 24.3. The van der Waals surface area contributed by atoms with Crippen LogP contribution in [-0.2, 0) is 23.8 Å². The van der Waals surface area contributed by atoms with E-state index in [0.717, 1.165) is 29.7 Å². The summed E-state index contributed by atoms with van der Waals surface area (Å²) >= 11 is 0. The van der Waals surface area contributed by atoms with Gasteiger partial charge in [-0.2, -0.15) is 13.2 Å². The van der Waals surface area contributed by atoms with Crippen LogP contribution in [0.15, 0.2) is 34.9 Å². The standard InChI is InChI=1S/C25H26F3NO5/c1-2-5-18-21(11-10-19-23(18)34-29-24(19)25(26,27)28)33-13-4-12-32-20-7-3-6-16-15(14-22(30)31)8-9-17(16)20/h3,6-7,10-11,15H,2,4-5,8-9,12-14H2,1H3,(H,30,31). The number of fused-ring (bicyclic) bond motifs is 2. The summed E-state index contributed by atoms with van der Waals surface area (Å²) in [5.74, 6) is 0.457. The average Bonchev–Trinajstić information content (AvgIpc) is 3.39. The third-order valence-corrected chi connectivity index (χ3v) is 6.05. The summed E-state index contributed by atoms with van der Waals surface area (Å²) in [4.78, 5) is 11.1. The van der Waals surface area contributed by atoms with E-state index in [0.29, 0.717) is 43.8 Å². The quantitative estimate of drug-likeness (QED) is 0.353. The number of aliphatic carboxylic acids is 1. The number of aromatic nitrogens is 1. The zero-order valence-electron chi connectivity index (χ0n) is 18.8. The third-order valence-electron chi connectivity index (χ3n) is 6.05. The van der Waals surface area contributed by atoms with Crippen molar-refractivity contribution in [3.63, 3.8) is 0 Å². The van der Waals surface area contributed by atoms with Gasteiger partial charge in [-0.1, -0.05) is 30.6 Å². The molecule has 3 aromatic rings. The molecule has 0 saturated carbocycles. The molecule has 6 nitrogen and oxygen atoms in total. The van der Waals surface area contributed by atoms with Gasteiger partial charge in [-0.15, -0.1) is 0 Å². The fraction of sp³-hybridized carbons (Fsp3) is 0.440. The molecule has 1 aliphatic carbocycles. The van der Waals surface area contributed by atoms with Crippen LogP contribution in [0.5, 0.6) is 11.5 Å². The van der Waals surface area contributed by atoms with Gasteiger partial charge in [-0.25, -0.2) is 0 Å². The Morgan fingerprint density at radius 3 is 2.65 bits per heavy atom. The maximum absolute atomic E-state index is 13.2. The van der Waals surface area contributed by atoms with Crippen LogP contribution in [0.25, 0.3) is 11.0 Å². The van der Waals surface area contributed by atoms with E-state index < -0.39 is 17.8 Å². The number of aryl methyl sites for hydroxylation is 1. The van der Waals surface area contributed by atoms with Crippen molar-refractivity contribution >= 4 is 16.9 Å². The minimum absolute atomic E-state index is 0.0141. The normalized spacial score (nSPS) is 15.5. The molecule has 1 N–H and O–H groups in total. The van der Waals surface area contributed by atoms with E-state index in [4.69, 9.17) is 19.1 Å². The van der Waals surface area contributed by atoms with Crippen LogP contribution in [0.4, 0.5) is 13.2 Å². The predicted octanol–water partition coefficient (Wildman–Crippen LogP) is 6.15. The van der Waals surface area contributed by atoms with Gasteiger partial charge in [0, 0.05) is 12.0 Å². The van der Waals surface area contributed by atoms with Gasteiger partial charge in [0.05, 0.1) is 25.0 Å². The topological polar surface area (TPSA) is 81.8 Å². The Kier molecular flexibility index (Phi) is 7.00. The van der Waals surface area contributed by atoms with Gasteiger partial charge in [0.15, 0.2) is 11.3 Å². The van der Waals surface area contributed by atoms with Crippen molar-refractivity contribution in [1.29, 1.82) is 0 Å². The van der Waals surface area contributed by atoms with Crippen molar-refractivity contribution in [3.05, 3.63) is 52.7 Å². The second kappa shape index (κ2) is 9.95. The number of ether oxygens (including phenoxy) is 2. The predicted molar refractivity (Wildman–Crippen MR) is 118 cm³/mol. The Bertz CT molecular complexity index is 1170. The maximum atomic E-state index is 13.2. The van der Waals surface area contributed by atoms with Crippen molar-refractivity contribution in [1.82, 2.24) is 5.16 Å². The molecule has 1 atom stereocenters. The van der Waals surface area contributed by atoms with E-state index in [9.17, 15) is 18.0 Å². The molecule has 1 aromatic heterocycles. The van der Waals surface area contributed by atoms with Gasteiger partial charge in [-0.05, 0) is 54.5 Å². The summed E-state index contributed by atoms with van der Waals surface area (Å²) in [6.07, 6.45) is -1.10. The van der Waals surface area contributed by atoms with Crippen molar-refractivity contribution in [2.24, 2.45) is 0 Å². The van der Waals surface area contributed by atoms with Gasteiger partial charge in [0.1, 0.15) is 11.5 Å². The number of carbonyl (C=O) groups is 1. The second-order valence-electron chi connectivity index (χ2n) is 8.41. The Morgan fingerprint density at radius 1 is 1.18 bits per heavy atom. The average molecular weight is 477 g/mol. The number of hydrogen-bond acceptors (Lipinski definition) is 5. The lowest BCUT2D eigenvalue weighted by Gasteiger charge is -2.14. The molecule has 0 bridgehead atoms. The molecule has 1 aliphatic rings. The Balaban J connectivity index is 1.38. The summed E-state index contributed by atoms with van der Waals surface area (Å²) in [5.41, 5.74) is 1.77. The number of carboxylic acids is 1. The molecule has 0 fully saturated rings. The SMILES string of the molecule is CCCc1c(OCCCOc2cccc3c2CCC3CC(=O)O)ccc2c(C(F)(F)F)noc12. The molecule has 0 spiro atoms. The molecule has 182 valence electrons. The number of alkyl halides is 3. The summed E-state index contributed by atoms with van der Waals surface area (Å²) in [5, 5.41) is 12.3. The van der Waals surface area contributed by atoms with Crippen molar-refractivity contribution in [2.45, 2.75) is 57.5 Å². The molecular formula is C25H26F3NO5. The Hall–Kier alpha value is -3.23. The van der Waals surface area contributed by atoms with Gasteiger partial charge in [-0.3, -0.25) is 4.79 Å². The fourth-order valence-electron chi connectivity index (χ4n) is 4.56. The van der Waals surface area contributed by atoms with E-state index >= 15 is 0 Å². The number of benzene rings is 2. The van der Waals surface area contributed by atoms with Crippen LogP contribution < -0.4 is 9.47 Å². The Morgan fingerprint density at radius 2 is 1.94 bits per heavy atom. The van der Waals surface area contributed by atoms with E-state index in [1.54, 1.807) is 0 Å². The first kappa shape index (κ1) is 23.9. The van der Waals surface area contributed by atoms with Gasteiger partial charge >= 0.3 is 12.1 Å². The van der Waals surface area contributed by atoms with Crippen LogP contribution in [0, 0.1) is 0 Å². The molecule has 0 saturated heterocycles. The number of halogens is 3. The number of carboxylic acid groups (broad SMARTS) is 1. The lowest BCUT2D eigenvalue weighted by molar-refractivity contribution is -0.141. The first-order chi connectivity index (χ1) is 16.3.